The molecule has 0 spiro atoms. The Morgan fingerprint density at radius 1 is 1.26 bits per heavy atom. The van der Waals surface area contributed by atoms with E-state index in [1.165, 1.54) is 13.2 Å². The summed E-state index contributed by atoms with van der Waals surface area (Å²) in [5.41, 5.74) is 1.09. The van der Waals surface area contributed by atoms with Crippen molar-refractivity contribution < 1.29 is 22.7 Å². The fourth-order valence-corrected chi connectivity index (χ4v) is 4.11. The minimum atomic E-state index is -4.48. The molecule has 34 heavy (non-hydrogen) atoms. The predicted molar refractivity (Wildman–Crippen MR) is 129 cm³/mol. The van der Waals surface area contributed by atoms with Gasteiger partial charge in [0.15, 0.2) is 0 Å². The van der Waals surface area contributed by atoms with Crippen LogP contribution in [0.4, 0.5) is 24.8 Å². The van der Waals surface area contributed by atoms with Gasteiger partial charge in [0.25, 0.3) is 5.91 Å². The summed E-state index contributed by atoms with van der Waals surface area (Å²) in [5.74, 6) is 0.0878. The normalized spacial score (nSPS) is 17.7. The highest BCUT2D eigenvalue weighted by molar-refractivity contribution is 9.10. The van der Waals surface area contributed by atoms with Gasteiger partial charge in [-0.2, -0.15) is 13.2 Å². The highest BCUT2D eigenvalue weighted by Gasteiger charge is 2.39. The average Bonchev–Trinajstić information content (AvgIpc) is 3.08. The lowest BCUT2D eigenvalue weighted by Gasteiger charge is -2.22. The highest BCUT2D eigenvalue weighted by Crippen LogP contribution is 2.36. The number of ether oxygens (including phenoxy) is 1. The summed E-state index contributed by atoms with van der Waals surface area (Å²) in [6, 6.07) is 10.3. The molecule has 1 aliphatic rings. The van der Waals surface area contributed by atoms with Gasteiger partial charge in [0.1, 0.15) is 5.75 Å². The molecule has 10 heteroatoms. The summed E-state index contributed by atoms with van der Waals surface area (Å²) in [6.45, 7) is 1.88. The summed E-state index contributed by atoms with van der Waals surface area (Å²) < 4.78 is 48.5. The van der Waals surface area contributed by atoms with Crippen molar-refractivity contribution in [1.82, 2.24) is 9.55 Å². The molecule has 6 nitrogen and oxygen atoms in total. The molecule has 0 radical (unpaired) electrons. The van der Waals surface area contributed by atoms with E-state index in [2.05, 4.69) is 31.2 Å². The number of allylic oxidation sites excluding steroid dienone is 2. The van der Waals surface area contributed by atoms with Crippen LogP contribution in [-0.2, 0) is 7.05 Å². The Balaban J connectivity index is 1.74. The lowest BCUT2D eigenvalue weighted by Crippen LogP contribution is -2.25. The van der Waals surface area contributed by atoms with Crippen LogP contribution in [-0.4, -0.2) is 34.5 Å². The number of anilines is 1. The number of methoxy groups -OCH3 is 1. The maximum atomic E-state index is 13.5. The van der Waals surface area contributed by atoms with E-state index in [-0.39, 0.29) is 29.6 Å². The second-order valence-electron chi connectivity index (χ2n) is 8.19. The molecule has 178 valence electrons. The van der Waals surface area contributed by atoms with Gasteiger partial charge in [-0.1, -0.05) is 28.9 Å². The van der Waals surface area contributed by atoms with E-state index < -0.39 is 17.7 Å². The van der Waals surface area contributed by atoms with Crippen LogP contribution < -0.4 is 10.1 Å². The predicted octanol–water partition coefficient (Wildman–Crippen LogP) is 6.59. The van der Waals surface area contributed by atoms with Crippen molar-refractivity contribution in [2.24, 2.45) is 18.0 Å². The van der Waals surface area contributed by atoms with Gasteiger partial charge in [0.2, 0.25) is 5.95 Å². The number of fused-ring (bicyclic) bond motifs is 1. The van der Waals surface area contributed by atoms with Crippen molar-refractivity contribution in [1.29, 1.82) is 0 Å². The van der Waals surface area contributed by atoms with E-state index in [9.17, 15) is 18.0 Å². The average molecular weight is 535 g/mol. The molecule has 1 aliphatic carbocycles. The van der Waals surface area contributed by atoms with Crippen LogP contribution in [0.1, 0.15) is 30.1 Å². The third-order valence-electron chi connectivity index (χ3n) is 5.64. The van der Waals surface area contributed by atoms with Gasteiger partial charge in [-0.25, -0.2) is 9.98 Å². The highest BCUT2D eigenvalue weighted by atomic mass is 79.9. The molecule has 0 aliphatic heterocycles. The van der Waals surface area contributed by atoms with Gasteiger partial charge in [0.05, 0.1) is 35.0 Å². The van der Waals surface area contributed by atoms with Gasteiger partial charge in [0, 0.05) is 23.3 Å². The van der Waals surface area contributed by atoms with Gasteiger partial charge in [-0.3, -0.25) is 4.79 Å². The number of nitrogens with one attached hydrogen (secondary N) is 1. The Labute approximate surface area is 202 Å². The van der Waals surface area contributed by atoms with Gasteiger partial charge < -0.3 is 14.6 Å². The van der Waals surface area contributed by atoms with Crippen LogP contribution in [0.25, 0.3) is 11.0 Å². The number of aromatic nitrogens is 2. The third kappa shape index (κ3) is 4.86. The van der Waals surface area contributed by atoms with Crippen LogP contribution in [0.15, 0.2) is 57.5 Å². The zero-order chi connectivity index (χ0) is 24.6. The lowest BCUT2D eigenvalue weighted by atomic mass is 9.89. The molecule has 0 bridgehead atoms. The monoisotopic (exact) mass is 534 g/mol. The molecule has 4 rings (SSSR count). The molecule has 0 fully saturated rings. The first-order valence-corrected chi connectivity index (χ1v) is 11.3. The number of hydrogen-bond donors (Lipinski definition) is 1. The first kappa shape index (κ1) is 24.0. The van der Waals surface area contributed by atoms with E-state index in [1.807, 2.05) is 6.92 Å². The Kier molecular flexibility index (Phi) is 6.53. The van der Waals surface area contributed by atoms with Crippen molar-refractivity contribution in [3.8, 4) is 5.75 Å². The fraction of sp³-hybridized carbons (Fsp3) is 0.292. The number of amides is 1. The minimum absolute atomic E-state index is 0.0372. The van der Waals surface area contributed by atoms with Gasteiger partial charge >= 0.3 is 6.18 Å². The van der Waals surface area contributed by atoms with Crippen LogP contribution in [0.3, 0.4) is 0 Å². The second kappa shape index (κ2) is 9.25. The molecular formula is C24H22BrF3N4O2. The SMILES string of the molecule is COc1cc2c(cc1C(=O)Nc1ccc(Br)cc1)nc(N=C1CC(C)CC=C1C(F)(F)F)n2C. The Morgan fingerprint density at radius 2 is 1.97 bits per heavy atom. The molecule has 0 saturated carbocycles. The lowest BCUT2D eigenvalue weighted by molar-refractivity contribution is -0.0868. The van der Waals surface area contributed by atoms with E-state index in [1.54, 1.807) is 48.0 Å². The zero-order valence-electron chi connectivity index (χ0n) is 18.7. The Hall–Kier alpha value is -3.14. The topological polar surface area (TPSA) is 68.5 Å². The number of benzene rings is 2. The Morgan fingerprint density at radius 3 is 2.62 bits per heavy atom. The summed E-state index contributed by atoms with van der Waals surface area (Å²) in [7, 11) is 3.11. The van der Waals surface area contributed by atoms with E-state index in [0.717, 1.165) is 4.47 Å². The number of aliphatic imine (C=N–C) groups is 1. The third-order valence-corrected chi connectivity index (χ3v) is 6.17. The number of nitrogens with zero attached hydrogens (tertiary/aromatic N) is 3. The largest absolute Gasteiger partial charge is 0.496 e. The molecule has 1 atom stereocenters. The number of aryl methyl sites for hydroxylation is 1. The maximum Gasteiger partial charge on any atom is 0.417 e. The van der Waals surface area contributed by atoms with E-state index in [0.29, 0.717) is 28.9 Å². The number of rotatable bonds is 4. The van der Waals surface area contributed by atoms with Crippen molar-refractivity contribution in [3.63, 3.8) is 0 Å². The standard InChI is InChI=1S/C24H22BrF3N4O2/c1-13-4-9-17(24(26,27)28)18(10-13)30-23-31-19-11-16(21(34-3)12-20(19)32(23)2)22(33)29-15-7-5-14(25)6-8-15/h5-9,11-13H,4,10H2,1-3H3,(H,29,33). The number of alkyl halides is 3. The fourth-order valence-electron chi connectivity index (χ4n) is 3.85. The molecule has 0 saturated heterocycles. The quantitative estimate of drug-likeness (QED) is 0.410. The van der Waals surface area contributed by atoms with Crippen molar-refractivity contribution in [2.75, 3.05) is 12.4 Å². The number of carbonyl (C=O) groups excluding carboxylic acids is 1. The summed E-state index contributed by atoms with van der Waals surface area (Å²) in [6.07, 6.45) is -2.72. The van der Waals surface area contributed by atoms with Crippen molar-refractivity contribution in [2.45, 2.75) is 25.9 Å². The molecular weight excluding hydrogens is 513 g/mol. The number of imidazole rings is 1. The molecule has 2 aromatic carbocycles. The van der Waals surface area contributed by atoms with Gasteiger partial charge in [-0.15, -0.1) is 0 Å². The van der Waals surface area contributed by atoms with Crippen molar-refractivity contribution >= 4 is 50.2 Å². The molecule has 1 aromatic heterocycles. The Bertz CT molecular complexity index is 1310. The number of hydrogen-bond acceptors (Lipinski definition) is 4. The smallest absolute Gasteiger partial charge is 0.417 e. The molecule has 3 aromatic rings. The van der Waals surface area contributed by atoms with Crippen LogP contribution >= 0.6 is 15.9 Å². The first-order chi connectivity index (χ1) is 16.1. The first-order valence-electron chi connectivity index (χ1n) is 10.5. The van der Waals surface area contributed by atoms with Crippen LogP contribution in [0, 0.1) is 5.92 Å². The second-order valence-corrected chi connectivity index (χ2v) is 9.11. The van der Waals surface area contributed by atoms with Crippen LogP contribution in [0.5, 0.6) is 5.75 Å². The van der Waals surface area contributed by atoms with Crippen LogP contribution in [0.2, 0.25) is 0 Å². The van der Waals surface area contributed by atoms with Gasteiger partial charge in [-0.05, 0) is 49.1 Å². The zero-order valence-corrected chi connectivity index (χ0v) is 20.3. The number of halogens is 4. The number of carbonyl (C=O) groups is 1. The summed E-state index contributed by atoms with van der Waals surface area (Å²) >= 11 is 3.35. The van der Waals surface area contributed by atoms with E-state index >= 15 is 0 Å². The summed E-state index contributed by atoms with van der Waals surface area (Å²) in [5, 5.41) is 2.80. The van der Waals surface area contributed by atoms with E-state index in [4.69, 9.17) is 4.74 Å². The molecule has 1 N–H and O–H groups in total. The minimum Gasteiger partial charge on any atom is -0.496 e. The van der Waals surface area contributed by atoms with Crippen molar-refractivity contribution in [3.05, 3.63) is 58.1 Å². The summed E-state index contributed by atoms with van der Waals surface area (Å²) in [4.78, 5) is 21.6. The maximum absolute atomic E-state index is 13.5. The molecule has 1 amide bonds. The molecule has 1 unspecified atom stereocenters. The molecule has 1 heterocycles.